The fourth-order valence-electron chi connectivity index (χ4n) is 4.61. The minimum atomic E-state index is -0.329. The Balaban J connectivity index is 1.41. The third-order valence-electron chi connectivity index (χ3n) is 5.92. The monoisotopic (exact) mass is 395 g/mol. The number of benzene rings is 2. The van der Waals surface area contributed by atoms with Gasteiger partial charge in [-0.1, -0.05) is 17.7 Å². The minimum Gasteiger partial charge on any atom is -0.349 e. The predicted octanol–water partition coefficient (Wildman–Crippen LogP) is 4.48. The summed E-state index contributed by atoms with van der Waals surface area (Å²) >= 11 is 0. The smallest absolute Gasteiger partial charge is 0.322 e. The Morgan fingerprint density at radius 1 is 1.03 bits per heavy atom. The van der Waals surface area contributed by atoms with Crippen LogP contribution in [0.2, 0.25) is 0 Å². The van der Waals surface area contributed by atoms with Gasteiger partial charge in [0.15, 0.2) is 0 Å². The van der Waals surface area contributed by atoms with Crippen LogP contribution in [0.5, 0.6) is 0 Å². The number of hydrogen-bond acceptors (Lipinski definition) is 2. The molecule has 152 valence electrons. The molecule has 0 radical (unpaired) electrons. The SMILES string of the molecule is Cc1cccc(C(=O)NC2C[C@H]3CCC[C@@H](C2)N3C(=O)Nc2ccc(F)cc2)c1. The summed E-state index contributed by atoms with van der Waals surface area (Å²) < 4.78 is 13.1. The number of nitrogens with zero attached hydrogens (tertiary/aromatic N) is 1. The van der Waals surface area contributed by atoms with Gasteiger partial charge in [0.1, 0.15) is 5.82 Å². The van der Waals surface area contributed by atoms with E-state index in [0.717, 1.165) is 37.7 Å². The van der Waals surface area contributed by atoms with Gasteiger partial charge < -0.3 is 15.5 Å². The van der Waals surface area contributed by atoms with Gasteiger partial charge in [0, 0.05) is 29.4 Å². The van der Waals surface area contributed by atoms with Gasteiger partial charge in [0.05, 0.1) is 0 Å². The van der Waals surface area contributed by atoms with Gasteiger partial charge >= 0.3 is 6.03 Å². The second-order valence-corrected chi connectivity index (χ2v) is 8.09. The van der Waals surface area contributed by atoms with Crippen LogP contribution in [0.25, 0.3) is 0 Å². The summed E-state index contributed by atoms with van der Waals surface area (Å²) in [6, 6.07) is 13.5. The fourth-order valence-corrected chi connectivity index (χ4v) is 4.61. The van der Waals surface area contributed by atoms with Crippen molar-refractivity contribution in [2.75, 3.05) is 5.32 Å². The van der Waals surface area contributed by atoms with Gasteiger partial charge in [-0.2, -0.15) is 0 Å². The van der Waals surface area contributed by atoms with E-state index in [9.17, 15) is 14.0 Å². The van der Waals surface area contributed by atoms with E-state index in [1.807, 2.05) is 36.1 Å². The van der Waals surface area contributed by atoms with E-state index < -0.39 is 0 Å². The lowest BCUT2D eigenvalue weighted by atomic mass is 9.82. The summed E-state index contributed by atoms with van der Waals surface area (Å²) in [5, 5.41) is 6.06. The molecule has 0 aliphatic carbocycles. The summed E-state index contributed by atoms with van der Waals surface area (Å²) in [6.45, 7) is 1.97. The number of carbonyl (C=O) groups is 2. The Morgan fingerprint density at radius 2 is 1.72 bits per heavy atom. The molecular weight excluding hydrogens is 369 g/mol. The van der Waals surface area contributed by atoms with E-state index >= 15 is 0 Å². The highest BCUT2D eigenvalue weighted by Gasteiger charge is 2.41. The van der Waals surface area contributed by atoms with Gasteiger partial charge in [0.2, 0.25) is 0 Å². The molecule has 2 aromatic rings. The third kappa shape index (κ3) is 4.42. The van der Waals surface area contributed by atoms with E-state index in [1.165, 1.54) is 12.1 Å². The lowest BCUT2D eigenvalue weighted by Crippen LogP contribution is -2.59. The van der Waals surface area contributed by atoms with Gasteiger partial charge in [-0.15, -0.1) is 0 Å². The van der Waals surface area contributed by atoms with E-state index in [2.05, 4.69) is 10.6 Å². The number of carbonyl (C=O) groups excluding carboxylic acids is 2. The van der Waals surface area contributed by atoms with Crippen molar-refractivity contribution < 1.29 is 14.0 Å². The van der Waals surface area contributed by atoms with Crippen molar-refractivity contribution >= 4 is 17.6 Å². The van der Waals surface area contributed by atoms with E-state index in [1.54, 1.807) is 12.1 Å². The topological polar surface area (TPSA) is 61.4 Å². The highest BCUT2D eigenvalue weighted by atomic mass is 19.1. The first-order valence-electron chi connectivity index (χ1n) is 10.2. The Morgan fingerprint density at radius 3 is 2.38 bits per heavy atom. The molecule has 4 rings (SSSR count). The standard InChI is InChI=1S/C23H26FN3O2/c1-15-4-2-5-16(12-15)22(28)25-19-13-20-6-3-7-21(14-19)27(20)23(29)26-18-10-8-17(24)9-11-18/h2,4-5,8-12,19-21H,3,6-7,13-14H2,1H3,(H,25,28)(H,26,29)/t19?,20-,21+. The van der Waals surface area contributed by atoms with Crippen molar-refractivity contribution in [2.24, 2.45) is 0 Å². The first kappa shape index (κ1) is 19.4. The summed E-state index contributed by atoms with van der Waals surface area (Å²) in [4.78, 5) is 27.5. The van der Waals surface area contributed by atoms with Crippen LogP contribution < -0.4 is 10.6 Å². The Hall–Kier alpha value is -2.89. The first-order chi connectivity index (χ1) is 14.0. The zero-order valence-electron chi connectivity index (χ0n) is 16.5. The summed E-state index contributed by atoms with van der Waals surface area (Å²) in [5.74, 6) is -0.383. The molecule has 2 aromatic carbocycles. The van der Waals surface area contributed by atoms with Gasteiger partial charge in [-0.05, 0) is 75.4 Å². The normalized spacial score (nSPS) is 23.4. The van der Waals surface area contributed by atoms with Crippen molar-refractivity contribution in [1.82, 2.24) is 10.2 Å². The molecule has 29 heavy (non-hydrogen) atoms. The maximum absolute atomic E-state index is 13.1. The van der Waals surface area contributed by atoms with Crippen molar-refractivity contribution in [3.05, 3.63) is 65.5 Å². The Bertz CT molecular complexity index is 885. The van der Waals surface area contributed by atoms with Gasteiger partial charge in [0.25, 0.3) is 5.91 Å². The number of piperidine rings is 2. The van der Waals surface area contributed by atoms with Crippen LogP contribution in [0, 0.1) is 12.7 Å². The van der Waals surface area contributed by atoms with E-state index in [4.69, 9.17) is 0 Å². The van der Waals surface area contributed by atoms with Gasteiger partial charge in [-0.3, -0.25) is 4.79 Å². The summed E-state index contributed by atoms with van der Waals surface area (Å²) in [6.07, 6.45) is 4.47. The second kappa shape index (κ2) is 8.23. The minimum absolute atomic E-state index is 0.0546. The van der Waals surface area contributed by atoms with E-state index in [0.29, 0.717) is 11.3 Å². The number of aryl methyl sites for hydroxylation is 1. The summed E-state index contributed by atoms with van der Waals surface area (Å²) in [7, 11) is 0. The number of urea groups is 1. The molecule has 0 saturated carbocycles. The zero-order chi connectivity index (χ0) is 20.4. The average molecular weight is 395 g/mol. The number of nitrogens with one attached hydrogen (secondary N) is 2. The average Bonchev–Trinajstić information content (AvgIpc) is 2.69. The van der Waals surface area contributed by atoms with Crippen LogP contribution in [0.3, 0.4) is 0 Å². The number of halogens is 1. The number of hydrogen-bond donors (Lipinski definition) is 2. The van der Waals surface area contributed by atoms with Crippen LogP contribution in [-0.4, -0.2) is 35.0 Å². The molecule has 2 aliphatic rings. The molecule has 2 fully saturated rings. The third-order valence-corrected chi connectivity index (χ3v) is 5.92. The molecule has 3 amide bonds. The van der Waals surface area contributed by atoms with Gasteiger partial charge in [-0.25, -0.2) is 9.18 Å². The molecule has 2 aliphatic heterocycles. The zero-order valence-corrected chi connectivity index (χ0v) is 16.5. The molecule has 1 unspecified atom stereocenters. The molecule has 6 heteroatoms. The lowest BCUT2D eigenvalue weighted by molar-refractivity contribution is 0.0577. The van der Waals surface area contributed by atoms with Crippen LogP contribution in [0.1, 0.15) is 48.0 Å². The molecule has 2 N–H and O–H groups in total. The fraction of sp³-hybridized carbons (Fsp3) is 0.391. The Kier molecular flexibility index (Phi) is 5.51. The predicted molar refractivity (Wildman–Crippen MR) is 110 cm³/mol. The quantitative estimate of drug-likeness (QED) is 0.805. The molecule has 3 atom stereocenters. The number of anilines is 1. The molecular formula is C23H26FN3O2. The van der Waals surface area contributed by atoms with Crippen LogP contribution in [-0.2, 0) is 0 Å². The lowest BCUT2D eigenvalue weighted by Gasteiger charge is -2.48. The molecule has 5 nitrogen and oxygen atoms in total. The summed E-state index contributed by atoms with van der Waals surface area (Å²) in [5.41, 5.74) is 2.32. The number of fused-ring (bicyclic) bond motifs is 2. The Labute approximate surface area is 170 Å². The maximum Gasteiger partial charge on any atom is 0.322 e. The van der Waals surface area contributed by atoms with Crippen LogP contribution >= 0.6 is 0 Å². The number of rotatable bonds is 3. The molecule has 2 heterocycles. The largest absolute Gasteiger partial charge is 0.349 e. The maximum atomic E-state index is 13.1. The highest BCUT2D eigenvalue weighted by molar-refractivity contribution is 5.94. The van der Waals surface area contributed by atoms with Crippen LogP contribution in [0.4, 0.5) is 14.9 Å². The molecule has 0 aromatic heterocycles. The first-order valence-corrected chi connectivity index (χ1v) is 10.2. The molecule has 0 spiro atoms. The van der Waals surface area contributed by atoms with Crippen molar-refractivity contribution in [3.63, 3.8) is 0 Å². The van der Waals surface area contributed by atoms with E-state index in [-0.39, 0.29) is 35.9 Å². The molecule has 2 saturated heterocycles. The van der Waals surface area contributed by atoms with Crippen molar-refractivity contribution in [2.45, 2.75) is 57.2 Å². The van der Waals surface area contributed by atoms with Crippen molar-refractivity contribution in [1.29, 1.82) is 0 Å². The van der Waals surface area contributed by atoms with Crippen molar-refractivity contribution in [3.8, 4) is 0 Å². The van der Waals surface area contributed by atoms with Crippen LogP contribution in [0.15, 0.2) is 48.5 Å². The highest BCUT2D eigenvalue weighted by Crippen LogP contribution is 2.34. The number of amides is 3. The second-order valence-electron chi connectivity index (χ2n) is 8.09. The molecule has 2 bridgehead atoms.